The van der Waals surface area contributed by atoms with Crippen LogP contribution in [0.25, 0.3) is 0 Å². The van der Waals surface area contributed by atoms with Gasteiger partial charge in [0.2, 0.25) is 0 Å². The first-order chi connectivity index (χ1) is 10.6. The van der Waals surface area contributed by atoms with Gasteiger partial charge < -0.3 is 0 Å². The van der Waals surface area contributed by atoms with Gasteiger partial charge in [-0.25, -0.2) is 0 Å². The van der Waals surface area contributed by atoms with Crippen molar-refractivity contribution in [3.63, 3.8) is 0 Å². The summed E-state index contributed by atoms with van der Waals surface area (Å²) in [5.41, 5.74) is 0. The third-order valence-corrected chi connectivity index (χ3v) is 5.23. The van der Waals surface area contributed by atoms with E-state index in [0.717, 1.165) is 19.3 Å². The second-order valence-corrected chi connectivity index (χ2v) is 8.55. The molecule has 22 heavy (non-hydrogen) atoms. The molecule has 0 atom stereocenters. The molecule has 0 fully saturated rings. The molecule has 0 saturated heterocycles. The zero-order valence-electron chi connectivity index (χ0n) is 14.8. The van der Waals surface area contributed by atoms with E-state index in [0.29, 0.717) is 0 Å². The van der Waals surface area contributed by atoms with Crippen LogP contribution in [0.1, 0.15) is 110 Å². The zero-order chi connectivity index (χ0) is 16.5. The molecule has 3 N–H and O–H groups in total. The van der Waals surface area contributed by atoms with Crippen molar-refractivity contribution in [2.24, 2.45) is 0 Å². The Kier molecular flexibility index (Phi) is 16.4. The predicted molar refractivity (Wildman–Crippen MR) is 98.0 cm³/mol. The Balaban J connectivity index is 3.00. The summed E-state index contributed by atoms with van der Waals surface area (Å²) < 4.78 is 0. The van der Waals surface area contributed by atoms with Crippen LogP contribution in [0.2, 0.25) is 0 Å². The molecule has 0 bridgehead atoms. The van der Waals surface area contributed by atoms with Crippen molar-refractivity contribution >= 4 is 7.94 Å². The van der Waals surface area contributed by atoms with E-state index >= 15 is 0 Å². The summed E-state index contributed by atoms with van der Waals surface area (Å²) in [5.74, 6) is 0. The van der Waals surface area contributed by atoms with Crippen molar-refractivity contribution in [3.05, 3.63) is 0 Å². The molecule has 0 unspecified atom stereocenters. The first-order valence-electron chi connectivity index (χ1n) is 9.62. The Bertz CT molecular complexity index is 217. The molecule has 0 aromatic heterocycles. The lowest BCUT2D eigenvalue weighted by molar-refractivity contribution is 0.328. The van der Waals surface area contributed by atoms with E-state index in [9.17, 15) is 0 Å². The van der Waals surface area contributed by atoms with Gasteiger partial charge in [-0.2, -0.15) is 14.7 Å². The third-order valence-electron chi connectivity index (χ3n) is 4.31. The molecule has 0 heterocycles. The second-order valence-electron chi connectivity index (χ2n) is 6.72. The van der Waals surface area contributed by atoms with E-state index in [2.05, 4.69) is 6.92 Å². The number of hydrogen-bond acceptors (Lipinski definition) is 3. The summed E-state index contributed by atoms with van der Waals surface area (Å²) in [5, 5.41) is 0. The fourth-order valence-corrected chi connectivity index (χ4v) is 3.52. The summed E-state index contributed by atoms with van der Waals surface area (Å²) in [6, 6.07) is 0. The van der Waals surface area contributed by atoms with Gasteiger partial charge in [0, 0.05) is 0 Å². The Morgan fingerprint density at radius 1 is 0.455 bits per heavy atom. The number of rotatable bonds is 17. The first kappa shape index (κ1) is 22.3. The highest BCUT2D eigenvalue weighted by Crippen LogP contribution is 2.45. The van der Waals surface area contributed by atoms with Crippen molar-refractivity contribution < 1.29 is 14.7 Å². The largest absolute Gasteiger partial charge is 0.403 e. The molecule has 3 nitrogen and oxygen atoms in total. The smallest absolute Gasteiger partial charge is 0.193 e. The maximum Gasteiger partial charge on any atom is 0.403 e. The van der Waals surface area contributed by atoms with Gasteiger partial charge in [0.1, 0.15) is 6.16 Å². The lowest BCUT2D eigenvalue weighted by atomic mass is 10.0. The third kappa shape index (κ3) is 20.3. The maximum absolute atomic E-state index is 8.86. The Labute approximate surface area is 139 Å². The van der Waals surface area contributed by atoms with Gasteiger partial charge in [-0.05, 0) is 12.8 Å². The molecular weight excluding hydrogens is 295 g/mol. The van der Waals surface area contributed by atoms with Crippen molar-refractivity contribution in [3.8, 4) is 0 Å². The minimum atomic E-state index is -3.50. The van der Waals surface area contributed by atoms with Crippen molar-refractivity contribution in [1.29, 1.82) is 0 Å². The van der Waals surface area contributed by atoms with Crippen LogP contribution in [0.15, 0.2) is 0 Å². The van der Waals surface area contributed by atoms with Gasteiger partial charge in [-0.1, -0.05) is 96.8 Å². The number of hydrogen-bond donors (Lipinski definition) is 3. The minimum Gasteiger partial charge on any atom is -0.193 e. The maximum atomic E-state index is 8.86. The van der Waals surface area contributed by atoms with Gasteiger partial charge in [-0.3, -0.25) is 0 Å². The van der Waals surface area contributed by atoms with E-state index in [-0.39, 0.29) is 6.16 Å². The molecule has 0 aromatic rings. The average Bonchev–Trinajstić information content (AvgIpc) is 2.45. The molecular formula is C18H40O3P+. The molecule has 0 aliphatic heterocycles. The molecule has 0 rings (SSSR count). The van der Waals surface area contributed by atoms with E-state index in [1.807, 2.05) is 0 Å². The van der Waals surface area contributed by atoms with Gasteiger partial charge >= 0.3 is 7.94 Å². The molecule has 0 aliphatic carbocycles. The van der Waals surface area contributed by atoms with Crippen molar-refractivity contribution in [2.75, 3.05) is 6.16 Å². The topological polar surface area (TPSA) is 60.7 Å². The van der Waals surface area contributed by atoms with Crippen LogP contribution < -0.4 is 0 Å². The van der Waals surface area contributed by atoms with E-state index < -0.39 is 7.94 Å². The lowest BCUT2D eigenvalue weighted by Gasteiger charge is -2.04. The minimum absolute atomic E-state index is 0.172. The van der Waals surface area contributed by atoms with Crippen LogP contribution in [0.5, 0.6) is 0 Å². The van der Waals surface area contributed by atoms with Gasteiger partial charge in [0.25, 0.3) is 0 Å². The molecule has 0 aliphatic rings. The normalized spacial score (nSPS) is 12.0. The monoisotopic (exact) mass is 335 g/mol. The quantitative estimate of drug-likeness (QED) is 0.226. The molecule has 0 radical (unpaired) electrons. The predicted octanol–water partition coefficient (Wildman–Crippen LogP) is 5.99. The fourth-order valence-electron chi connectivity index (χ4n) is 2.87. The highest BCUT2D eigenvalue weighted by molar-refractivity contribution is 7.58. The Morgan fingerprint density at radius 3 is 1.00 bits per heavy atom. The van der Waals surface area contributed by atoms with Crippen LogP contribution >= 0.6 is 7.94 Å². The van der Waals surface area contributed by atoms with Crippen molar-refractivity contribution in [1.82, 2.24) is 0 Å². The highest BCUT2D eigenvalue weighted by Gasteiger charge is 2.27. The summed E-state index contributed by atoms with van der Waals surface area (Å²) in [7, 11) is -3.50. The van der Waals surface area contributed by atoms with Crippen LogP contribution in [0, 0.1) is 0 Å². The highest BCUT2D eigenvalue weighted by atomic mass is 31.2. The first-order valence-corrected chi connectivity index (χ1v) is 11.5. The molecule has 4 heteroatoms. The summed E-state index contributed by atoms with van der Waals surface area (Å²) in [6.07, 6.45) is 21.0. The lowest BCUT2D eigenvalue weighted by Crippen LogP contribution is -1.95. The average molecular weight is 335 g/mol. The zero-order valence-corrected chi connectivity index (χ0v) is 15.7. The summed E-state index contributed by atoms with van der Waals surface area (Å²) in [6.45, 7) is 2.27. The van der Waals surface area contributed by atoms with Gasteiger partial charge in [0.15, 0.2) is 0 Å². The summed E-state index contributed by atoms with van der Waals surface area (Å²) in [4.78, 5) is 26.6. The van der Waals surface area contributed by atoms with Crippen LogP contribution in [-0.4, -0.2) is 20.8 Å². The number of unbranched alkanes of at least 4 members (excludes halogenated alkanes) is 15. The van der Waals surface area contributed by atoms with Crippen LogP contribution in [0.4, 0.5) is 0 Å². The van der Waals surface area contributed by atoms with Gasteiger partial charge in [-0.15, -0.1) is 0 Å². The molecule has 0 aromatic carbocycles. The SMILES string of the molecule is CCCCCCCCCCCCCCCCCC[P+](O)(O)O. The molecule has 0 spiro atoms. The molecule has 134 valence electrons. The van der Waals surface area contributed by atoms with Crippen LogP contribution in [-0.2, 0) is 0 Å². The van der Waals surface area contributed by atoms with Crippen LogP contribution in [0.3, 0.4) is 0 Å². The summed E-state index contributed by atoms with van der Waals surface area (Å²) >= 11 is 0. The second kappa shape index (κ2) is 16.2. The Morgan fingerprint density at radius 2 is 0.727 bits per heavy atom. The van der Waals surface area contributed by atoms with E-state index in [4.69, 9.17) is 14.7 Å². The molecule has 0 saturated carbocycles. The van der Waals surface area contributed by atoms with Crippen molar-refractivity contribution in [2.45, 2.75) is 110 Å². The van der Waals surface area contributed by atoms with E-state index in [1.54, 1.807) is 0 Å². The molecule has 0 amide bonds. The standard InChI is InChI=1S/C18H40O3P/c1-2-3-4-5-6-7-8-9-10-11-12-13-14-15-16-17-18-22(19,20)21/h19-21H,2-18H2,1H3/q+1. The fraction of sp³-hybridized carbons (Fsp3) is 1.00. The van der Waals surface area contributed by atoms with E-state index in [1.165, 1.54) is 83.5 Å². The Hall–Kier alpha value is 0.310. The van der Waals surface area contributed by atoms with Gasteiger partial charge in [0.05, 0.1) is 0 Å².